The molecule has 157 valence electrons. The van der Waals surface area contributed by atoms with Crippen LogP contribution in [-0.2, 0) is 0 Å². The summed E-state index contributed by atoms with van der Waals surface area (Å²) in [5.74, 6) is 1.80. The first-order valence-corrected chi connectivity index (χ1v) is 12.6. The predicted molar refractivity (Wildman–Crippen MR) is 122 cm³/mol. The van der Waals surface area contributed by atoms with Crippen molar-refractivity contribution in [3.63, 3.8) is 0 Å². The van der Waals surface area contributed by atoms with Gasteiger partial charge in [-0.3, -0.25) is 0 Å². The van der Waals surface area contributed by atoms with E-state index in [2.05, 4.69) is 34.1 Å². The van der Waals surface area contributed by atoms with Gasteiger partial charge in [-0.25, -0.2) is 0 Å². The Morgan fingerprint density at radius 2 is 0.692 bits per heavy atom. The SMILES string of the molecule is CCCCCCCCC([CH]C(CCCCC)CCCCCC)CCCC. The maximum Gasteiger partial charge on any atom is -0.0324 e. The second-order valence-electron chi connectivity index (χ2n) is 8.76. The van der Waals surface area contributed by atoms with Crippen LogP contribution in [0.5, 0.6) is 0 Å². The van der Waals surface area contributed by atoms with Crippen LogP contribution in [0, 0.1) is 18.3 Å². The van der Waals surface area contributed by atoms with E-state index in [4.69, 9.17) is 0 Å². The Balaban J connectivity index is 4.27. The van der Waals surface area contributed by atoms with Crippen LogP contribution in [0.1, 0.15) is 150 Å². The Labute approximate surface area is 168 Å². The third-order valence-corrected chi connectivity index (χ3v) is 6.01. The van der Waals surface area contributed by atoms with Crippen LogP contribution >= 0.6 is 0 Å². The van der Waals surface area contributed by atoms with Crippen molar-refractivity contribution >= 4 is 0 Å². The topological polar surface area (TPSA) is 0 Å². The van der Waals surface area contributed by atoms with Gasteiger partial charge in [-0.15, -0.1) is 0 Å². The van der Waals surface area contributed by atoms with Crippen molar-refractivity contribution in [1.29, 1.82) is 0 Å². The van der Waals surface area contributed by atoms with E-state index < -0.39 is 0 Å². The molecule has 2 atom stereocenters. The molecular weight excluding hydrogens is 312 g/mol. The van der Waals surface area contributed by atoms with Gasteiger partial charge in [-0.2, -0.15) is 0 Å². The molecule has 0 aliphatic carbocycles. The lowest BCUT2D eigenvalue weighted by Gasteiger charge is -2.24. The highest BCUT2D eigenvalue weighted by molar-refractivity contribution is 4.84. The molecule has 0 saturated heterocycles. The number of unbranched alkanes of at least 4 members (excludes halogenated alkanes) is 11. The summed E-state index contributed by atoms with van der Waals surface area (Å²) in [4.78, 5) is 0. The summed E-state index contributed by atoms with van der Waals surface area (Å²) in [5, 5.41) is 0. The van der Waals surface area contributed by atoms with Crippen LogP contribution < -0.4 is 0 Å². The minimum Gasteiger partial charge on any atom is -0.0654 e. The third kappa shape index (κ3) is 17.4. The van der Waals surface area contributed by atoms with Crippen LogP contribution in [0.3, 0.4) is 0 Å². The van der Waals surface area contributed by atoms with Gasteiger partial charge in [-0.05, 0) is 18.3 Å². The fourth-order valence-electron chi connectivity index (χ4n) is 4.20. The van der Waals surface area contributed by atoms with Crippen molar-refractivity contribution in [2.45, 2.75) is 150 Å². The van der Waals surface area contributed by atoms with Crippen LogP contribution in [0.25, 0.3) is 0 Å². The minimum absolute atomic E-state index is 0.902. The largest absolute Gasteiger partial charge is 0.0654 e. The molecule has 0 fully saturated rings. The van der Waals surface area contributed by atoms with Gasteiger partial charge in [0.25, 0.3) is 0 Å². The fourth-order valence-corrected chi connectivity index (χ4v) is 4.20. The third-order valence-electron chi connectivity index (χ3n) is 6.01. The van der Waals surface area contributed by atoms with Crippen molar-refractivity contribution in [3.05, 3.63) is 6.42 Å². The quantitative estimate of drug-likeness (QED) is 0.177. The Morgan fingerprint density at radius 1 is 0.385 bits per heavy atom. The molecule has 0 bridgehead atoms. The Hall–Kier alpha value is 0. The van der Waals surface area contributed by atoms with Gasteiger partial charge >= 0.3 is 0 Å². The van der Waals surface area contributed by atoms with E-state index in [0.717, 1.165) is 11.8 Å². The molecule has 0 spiro atoms. The molecule has 0 N–H and O–H groups in total. The molecule has 1 radical (unpaired) electrons. The van der Waals surface area contributed by atoms with Gasteiger partial charge < -0.3 is 0 Å². The molecule has 0 nitrogen and oxygen atoms in total. The van der Waals surface area contributed by atoms with Crippen molar-refractivity contribution in [2.24, 2.45) is 11.8 Å². The summed E-state index contributed by atoms with van der Waals surface area (Å²) >= 11 is 0. The summed E-state index contributed by atoms with van der Waals surface area (Å²) in [5.41, 5.74) is 0. The molecule has 0 aliphatic heterocycles. The van der Waals surface area contributed by atoms with Crippen molar-refractivity contribution in [1.82, 2.24) is 0 Å². The van der Waals surface area contributed by atoms with Crippen molar-refractivity contribution in [3.8, 4) is 0 Å². The molecule has 0 heteroatoms. The van der Waals surface area contributed by atoms with E-state index in [1.165, 1.54) is 122 Å². The Morgan fingerprint density at radius 3 is 1.19 bits per heavy atom. The summed E-state index contributed by atoms with van der Waals surface area (Å²) < 4.78 is 0. The molecule has 0 aliphatic rings. The molecular formula is C26H53. The van der Waals surface area contributed by atoms with E-state index in [1.54, 1.807) is 0 Å². The summed E-state index contributed by atoms with van der Waals surface area (Å²) in [6.45, 7) is 9.33. The fraction of sp³-hybridized carbons (Fsp3) is 0.962. The maximum absolute atomic E-state index is 2.84. The molecule has 0 aromatic carbocycles. The van der Waals surface area contributed by atoms with Gasteiger partial charge in [0.05, 0.1) is 0 Å². The smallest absolute Gasteiger partial charge is 0.0324 e. The standard InChI is InChI=1S/C26H53/c1-5-9-13-15-16-19-23-25(20-12-8-4)24-26(21-17-11-7-3)22-18-14-10-6-2/h24-26H,5-23H2,1-4H3. The van der Waals surface area contributed by atoms with Crippen molar-refractivity contribution in [2.75, 3.05) is 0 Å². The first-order valence-electron chi connectivity index (χ1n) is 12.6. The normalized spacial score (nSPS) is 13.8. The van der Waals surface area contributed by atoms with E-state index >= 15 is 0 Å². The molecule has 26 heavy (non-hydrogen) atoms. The second kappa shape index (κ2) is 21.3. The summed E-state index contributed by atoms with van der Waals surface area (Å²) in [6.07, 6.45) is 30.0. The van der Waals surface area contributed by atoms with Crippen LogP contribution in [-0.4, -0.2) is 0 Å². The van der Waals surface area contributed by atoms with Gasteiger partial charge in [-0.1, -0.05) is 150 Å². The van der Waals surface area contributed by atoms with Crippen LogP contribution in [0.2, 0.25) is 0 Å². The molecule has 2 unspecified atom stereocenters. The average molecular weight is 366 g/mol. The van der Waals surface area contributed by atoms with E-state index in [0.29, 0.717) is 0 Å². The predicted octanol–water partition coefficient (Wildman–Crippen LogP) is 9.91. The van der Waals surface area contributed by atoms with E-state index in [9.17, 15) is 0 Å². The number of hydrogen-bond acceptors (Lipinski definition) is 0. The van der Waals surface area contributed by atoms with Gasteiger partial charge in [0.2, 0.25) is 0 Å². The van der Waals surface area contributed by atoms with E-state index in [-0.39, 0.29) is 0 Å². The van der Waals surface area contributed by atoms with Crippen molar-refractivity contribution < 1.29 is 0 Å². The zero-order valence-electron chi connectivity index (χ0n) is 19.2. The molecule has 0 amide bonds. The summed E-state index contributed by atoms with van der Waals surface area (Å²) in [6, 6.07) is 0. The monoisotopic (exact) mass is 365 g/mol. The molecule has 0 rings (SSSR count). The number of hydrogen-bond donors (Lipinski definition) is 0. The Bertz CT molecular complexity index is 244. The van der Waals surface area contributed by atoms with Crippen LogP contribution in [0.15, 0.2) is 0 Å². The van der Waals surface area contributed by atoms with Gasteiger partial charge in [0.1, 0.15) is 0 Å². The molecule has 0 saturated carbocycles. The van der Waals surface area contributed by atoms with E-state index in [1.807, 2.05) is 0 Å². The zero-order chi connectivity index (χ0) is 19.3. The Kier molecular flexibility index (Phi) is 21.3. The van der Waals surface area contributed by atoms with Crippen LogP contribution in [0.4, 0.5) is 0 Å². The molecule has 0 heterocycles. The lowest BCUT2D eigenvalue weighted by molar-refractivity contribution is 0.369. The first kappa shape index (κ1) is 26.0. The highest BCUT2D eigenvalue weighted by Crippen LogP contribution is 2.29. The summed E-state index contributed by atoms with van der Waals surface area (Å²) in [7, 11) is 0. The molecule has 0 aromatic rings. The number of rotatable bonds is 21. The van der Waals surface area contributed by atoms with Gasteiger partial charge in [0, 0.05) is 0 Å². The highest BCUT2D eigenvalue weighted by atomic mass is 14.2. The van der Waals surface area contributed by atoms with Gasteiger partial charge in [0.15, 0.2) is 0 Å². The average Bonchev–Trinajstić information content (AvgIpc) is 2.65. The lowest BCUT2D eigenvalue weighted by Crippen LogP contribution is -2.11. The highest BCUT2D eigenvalue weighted by Gasteiger charge is 2.16. The lowest BCUT2D eigenvalue weighted by atomic mass is 9.82. The zero-order valence-corrected chi connectivity index (χ0v) is 19.2. The minimum atomic E-state index is 0.902. The molecule has 0 aromatic heterocycles. The second-order valence-corrected chi connectivity index (χ2v) is 8.76. The maximum atomic E-state index is 2.84. The first-order chi connectivity index (χ1) is 12.8.